The average Bonchev–Trinajstić information content (AvgIpc) is 2.56. The summed E-state index contributed by atoms with van der Waals surface area (Å²) in [4.78, 5) is 12.5. The molecule has 124 valence electrons. The van der Waals surface area contributed by atoms with Crippen molar-refractivity contribution >= 4 is 24.0 Å². The lowest BCUT2D eigenvalue weighted by Crippen LogP contribution is -2.30. The minimum absolute atomic E-state index is 0. The van der Waals surface area contributed by atoms with Gasteiger partial charge in [0.05, 0.1) is 12.5 Å². The standard InChI is InChI=1S/C18H22N2O2.ClH/c1-13(17(19)14-8-4-3-5-9-14)18(21)20-16-11-7-6-10-15(16)12-22-2;/h3-11,13,17H,12,19H2,1-2H3,(H,20,21);1H. The van der Waals surface area contributed by atoms with Gasteiger partial charge >= 0.3 is 0 Å². The summed E-state index contributed by atoms with van der Waals surface area (Å²) < 4.78 is 5.15. The van der Waals surface area contributed by atoms with Crippen LogP contribution in [0.25, 0.3) is 0 Å². The van der Waals surface area contributed by atoms with Crippen LogP contribution in [0.4, 0.5) is 5.69 Å². The molecule has 0 saturated heterocycles. The molecule has 0 radical (unpaired) electrons. The number of benzene rings is 2. The first-order chi connectivity index (χ1) is 10.6. The molecule has 0 aliphatic heterocycles. The van der Waals surface area contributed by atoms with Gasteiger partial charge in [0.2, 0.25) is 5.91 Å². The normalized spacial score (nSPS) is 12.8. The number of anilines is 1. The van der Waals surface area contributed by atoms with E-state index in [1.807, 2.05) is 61.5 Å². The highest BCUT2D eigenvalue weighted by Crippen LogP contribution is 2.22. The van der Waals surface area contributed by atoms with Crippen LogP contribution in [-0.4, -0.2) is 13.0 Å². The van der Waals surface area contributed by atoms with Crippen molar-refractivity contribution < 1.29 is 9.53 Å². The van der Waals surface area contributed by atoms with Crippen LogP contribution in [0.3, 0.4) is 0 Å². The van der Waals surface area contributed by atoms with Crippen molar-refractivity contribution in [2.45, 2.75) is 19.6 Å². The minimum atomic E-state index is -0.337. The Morgan fingerprint density at radius 3 is 2.39 bits per heavy atom. The summed E-state index contributed by atoms with van der Waals surface area (Å²) in [7, 11) is 1.63. The van der Waals surface area contributed by atoms with Gasteiger partial charge in [-0.2, -0.15) is 0 Å². The largest absolute Gasteiger partial charge is 0.380 e. The third-order valence-electron chi connectivity index (χ3n) is 3.71. The summed E-state index contributed by atoms with van der Waals surface area (Å²) in [6.07, 6.45) is 0. The number of para-hydroxylation sites is 1. The number of nitrogens with one attached hydrogen (secondary N) is 1. The van der Waals surface area contributed by atoms with Gasteiger partial charge < -0.3 is 15.8 Å². The topological polar surface area (TPSA) is 64.3 Å². The number of methoxy groups -OCH3 is 1. The third kappa shape index (κ3) is 5.06. The number of amides is 1. The summed E-state index contributed by atoms with van der Waals surface area (Å²) in [5.74, 6) is -0.432. The lowest BCUT2D eigenvalue weighted by atomic mass is 9.94. The molecule has 0 aliphatic rings. The highest BCUT2D eigenvalue weighted by Gasteiger charge is 2.22. The highest BCUT2D eigenvalue weighted by atomic mass is 35.5. The predicted octanol–water partition coefficient (Wildman–Crippen LogP) is 3.53. The summed E-state index contributed by atoms with van der Waals surface area (Å²) in [6.45, 7) is 2.29. The second-order valence-electron chi connectivity index (χ2n) is 5.30. The maximum atomic E-state index is 12.5. The van der Waals surface area contributed by atoms with E-state index in [0.29, 0.717) is 6.61 Å². The maximum absolute atomic E-state index is 12.5. The number of halogens is 1. The van der Waals surface area contributed by atoms with Gasteiger partial charge in [0.15, 0.2) is 0 Å². The lowest BCUT2D eigenvalue weighted by molar-refractivity contribution is -0.120. The molecule has 2 aromatic rings. The number of carbonyl (C=O) groups is 1. The number of nitrogens with two attached hydrogens (primary N) is 1. The smallest absolute Gasteiger partial charge is 0.229 e. The van der Waals surface area contributed by atoms with E-state index in [1.54, 1.807) is 7.11 Å². The molecular weight excluding hydrogens is 312 g/mol. The van der Waals surface area contributed by atoms with Crippen LogP contribution in [-0.2, 0) is 16.1 Å². The Morgan fingerprint density at radius 1 is 1.13 bits per heavy atom. The summed E-state index contributed by atoms with van der Waals surface area (Å²) in [5, 5.41) is 2.95. The van der Waals surface area contributed by atoms with Gasteiger partial charge in [-0.1, -0.05) is 55.5 Å². The van der Waals surface area contributed by atoms with E-state index in [2.05, 4.69) is 5.32 Å². The van der Waals surface area contributed by atoms with Gasteiger partial charge in [0.25, 0.3) is 0 Å². The molecule has 2 rings (SSSR count). The first-order valence-electron chi connectivity index (χ1n) is 7.31. The second-order valence-corrected chi connectivity index (χ2v) is 5.30. The quantitative estimate of drug-likeness (QED) is 0.849. The van der Waals surface area contributed by atoms with Crippen LogP contribution in [0.1, 0.15) is 24.1 Å². The third-order valence-corrected chi connectivity index (χ3v) is 3.71. The number of rotatable bonds is 6. The number of ether oxygens (including phenoxy) is 1. The zero-order chi connectivity index (χ0) is 15.9. The Balaban J connectivity index is 0.00000264. The van der Waals surface area contributed by atoms with Crippen molar-refractivity contribution in [3.8, 4) is 0 Å². The second kappa shape index (κ2) is 9.30. The molecule has 2 unspecified atom stereocenters. The Hall–Kier alpha value is -1.88. The van der Waals surface area contributed by atoms with Gasteiger partial charge in [-0.05, 0) is 11.6 Å². The molecule has 0 heterocycles. The monoisotopic (exact) mass is 334 g/mol. The van der Waals surface area contributed by atoms with Crippen molar-refractivity contribution in [1.29, 1.82) is 0 Å². The predicted molar refractivity (Wildman–Crippen MR) is 95.6 cm³/mol. The van der Waals surface area contributed by atoms with Crippen molar-refractivity contribution in [3.05, 3.63) is 65.7 Å². The molecule has 2 atom stereocenters. The average molecular weight is 335 g/mol. The number of hydrogen-bond donors (Lipinski definition) is 2. The van der Waals surface area contributed by atoms with Gasteiger partial charge in [0.1, 0.15) is 0 Å². The van der Waals surface area contributed by atoms with E-state index in [0.717, 1.165) is 16.8 Å². The number of hydrogen-bond acceptors (Lipinski definition) is 3. The maximum Gasteiger partial charge on any atom is 0.229 e. The van der Waals surface area contributed by atoms with Crippen molar-refractivity contribution in [2.75, 3.05) is 12.4 Å². The van der Waals surface area contributed by atoms with Crippen LogP contribution >= 0.6 is 12.4 Å². The molecule has 3 N–H and O–H groups in total. The van der Waals surface area contributed by atoms with E-state index in [-0.39, 0.29) is 30.3 Å². The lowest BCUT2D eigenvalue weighted by Gasteiger charge is -2.20. The van der Waals surface area contributed by atoms with Crippen molar-refractivity contribution in [1.82, 2.24) is 0 Å². The zero-order valence-corrected chi connectivity index (χ0v) is 14.2. The molecule has 1 amide bonds. The SMILES string of the molecule is COCc1ccccc1NC(=O)C(C)C(N)c1ccccc1.Cl. The fourth-order valence-electron chi connectivity index (χ4n) is 2.30. The first-order valence-corrected chi connectivity index (χ1v) is 7.31. The van der Waals surface area contributed by atoms with Gasteiger partial charge in [-0.3, -0.25) is 4.79 Å². The van der Waals surface area contributed by atoms with E-state index in [4.69, 9.17) is 10.5 Å². The zero-order valence-electron chi connectivity index (χ0n) is 13.4. The molecule has 0 aromatic heterocycles. The summed E-state index contributed by atoms with van der Waals surface area (Å²) in [6, 6.07) is 16.9. The molecular formula is C18H23ClN2O2. The molecule has 5 heteroatoms. The van der Waals surface area contributed by atoms with Crippen molar-refractivity contribution in [3.63, 3.8) is 0 Å². The van der Waals surface area contributed by atoms with Crippen LogP contribution in [0.2, 0.25) is 0 Å². The van der Waals surface area contributed by atoms with Crippen LogP contribution < -0.4 is 11.1 Å². The molecule has 0 fully saturated rings. The molecule has 0 spiro atoms. The Bertz CT molecular complexity index is 619. The van der Waals surface area contributed by atoms with Crippen molar-refractivity contribution in [2.24, 2.45) is 11.7 Å². The molecule has 0 aliphatic carbocycles. The van der Waals surface area contributed by atoms with Gasteiger partial charge in [0, 0.05) is 24.4 Å². The molecule has 0 bridgehead atoms. The molecule has 23 heavy (non-hydrogen) atoms. The van der Waals surface area contributed by atoms with E-state index >= 15 is 0 Å². The number of carbonyl (C=O) groups excluding carboxylic acids is 1. The Morgan fingerprint density at radius 2 is 1.74 bits per heavy atom. The minimum Gasteiger partial charge on any atom is -0.380 e. The fraction of sp³-hybridized carbons (Fsp3) is 0.278. The summed E-state index contributed by atoms with van der Waals surface area (Å²) >= 11 is 0. The van der Waals surface area contributed by atoms with E-state index in [9.17, 15) is 4.79 Å². The van der Waals surface area contributed by atoms with Gasteiger partial charge in [-0.25, -0.2) is 0 Å². The van der Waals surface area contributed by atoms with Crippen LogP contribution in [0, 0.1) is 5.92 Å². The summed E-state index contributed by atoms with van der Waals surface area (Å²) in [5.41, 5.74) is 8.87. The van der Waals surface area contributed by atoms with E-state index < -0.39 is 0 Å². The van der Waals surface area contributed by atoms with Gasteiger partial charge in [-0.15, -0.1) is 12.4 Å². The fourth-order valence-corrected chi connectivity index (χ4v) is 2.30. The van der Waals surface area contributed by atoms with Crippen LogP contribution in [0.5, 0.6) is 0 Å². The molecule has 0 saturated carbocycles. The molecule has 2 aromatic carbocycles. The highest BCUT2D eigenvalue weighted by molar-refractivity contribution is 5.93. The first kappa shape index (κ1) is 19.2. The Kier molecular flexibility index (Phi) is 7.75. The van der Waals surface area contributed by atoms with Crippen LogP contribution in [0.15, 0.2) is 54.6 Å². The molecule has 4 nitrogen and oxygen atoms in total. The van der Waals surface area contributed by atoms with E-state index in [1.165, 1.54) is 0 Å². The Labute approximate surface area is 143 Å².